The fourth-order valence-electron chi connectivity index (χ4n) is 6.71. The van der Waals surface area contributed by atoms with Gasteiger partial charge in [-0.15, -0.1) is 0 Å². The van der Waals surface area contributed by atoms with Crippen molar-refractivity contribution in [2.24, 2.45) is 0 Å². The highest BCUT2D eigenvalue weighted by Gasteiger charge is 2.35. The monoisotopic (exact) mass is 835 g/mol. The summed E-state index contributed by atoms with van der Waals surface area (Å²) in [6, 6.07) is 5.97. The van der Waals surface area contributed by atoms with Crippen LogP contribution in [0.4, 0.5) is 10.1 Å². The standard InChI is InChI=1S/C35H33Cl3FN7O6S2/c36-23-3-4-24(37)31(38)20(23)14-28-33(50)46(35(53)54-28)17-29(47)40-44-11-9-43(10-12-44)30(48)18-41-5-7-42(8-6-41)27-15-26-21(13-25(27)39)32(49)22(34(51)52)16-45(26)19-1-2-19/h3-4,13-16,19H,1-2,5-12,17-18H2,(H,40,47)(H,51,52)/b28-14-. The van der Waals surface area contributed by atoms with E-state index in [0.717, 1.165) is 30.7 Å². The molecule has 7 rings (SSSR count). The summed E-state index contributed by atoms with van der Waals surface area (Å²) < 4.78 is 17.4. The second kappa shape index (κ2) is 15.8. The number of pyridine rings is 1. The van der Waals surface area contributed by atoms with Gasteiger partial charge in [0.15, 0.2) is 0 Å². The zero-order valence-corrected chi connectivity index (χ0v) is 32.4. The number of thiocarbonyl (C=S) groups is 1. The van der Waals surface area contributed by atoms with Crippen molar-refractivity contribution in [1.29, 1.82) is 0 Å². The summed E-state index contributed by atoms with van der Waals surface area (Å²) in [5.74, 6) is -2.89. The van der Waals surface area contributed by atoms with Crippen molar-refractivity contribution in [3.05, 3.63) is 77.6 Å². The molecule has 0 unspecified atom stereocenters. The van der Waals surface area contributed by atoms with Crippen LogP contribution in [-0.4, -0.2) is 123 Å². The van der Waals surface area contributed by atoms with Crippen molar-refractivity contribution < 1.29 is 28.7 Å². The first kappa shape index (κ1) is 38.5. The first-order chi connectivity index (χ1) is 25.8. The molecule has 0 atom stereocenters. The number of carboxylic acid groups (broad SMARTS) is 1. The van der Waals surface area contributed by atoms with Crippen LogP contribution in [0.2, 0.25) is 15.1 Å². The minimum Gasteiger partial charge on any atom is -0.477 e. The van der Waals surface area contributed by atoms with Gasteiger partial charge >= 0.3 is 5.97 Å². The SMILES string of the molecule is O=C(CN1C(=O)/C(=C/c2c(Cl)ccc(Cl)c2Cl)SC1=S)NN1CCN(C(=O)CN2CCN(c3cc4c(cc3F)c(=O)c(C(=O)O)cn4C3CC3)CC2)CC1. The second-order valence-electron chi connectivity index (χ2n) is 13.3. The highest BCUT2D eigenvalue weighted by atomic mass is 35.5. The van der Waals surface area contributed by atoms with Gasteiger partial charge in [-0.05, 0) is 43.2 Å². The molecule has 1 aromatic heterocycles. The molecule has 3 saturated heterocycles. The van der Waals surface area contributed by atoms with Gasteiger partial charge < -0.3 is 19.5 Å². The van der Waals surface area contributed by atoms with Crippen LogP contribution in [0.3, 0.4) is 0 Å². The van der Waals surface area contributed by atoms with Gasteiger partial charge in [-0.3, -0.25) is 34.4 Å². The number of amides is 3. The van der Waals surface area contributed by atoms with E-state index >= 15 is 4.39 Å². The molecule has 0 bridgehead atoms. The van der Waals surface area contributed by atoms with Crippen LogP contribution < -0.4 is 15.8 Å². The number of carboxylic acids is 1. The van der Waals surface area contributed by atoms with Crippen molar-refractivity contribution in [1.82, 2.24) is 29.7 Å². The Bertz CT molecular complexity index is 2190. The lowest BCUT2D eigenvalue weighted by Crippen LogP contribution is -2.58. The Balaban J connectivity index is 0.885. The molecule has 3 aromatic rings. The first-order valence-electron chi connectivity index (χ1n) is 17.1. The number of halogens is 4. The van der Waals surface area contributed by atoms with E-state index in [2.05, 4.69) is 5.43 Å². The topological polar surface area (TPSA) is 139 Å². The van der Waals surface area contributed by atoms with Gasteiger partial charge in [-0.2, -0.15) is 0 Å². The number of carbonyl (C=O) groups is 4. The van der Waals surface area contributed by atoms with E-state index in [0.29, 0.717) is 74.1 Å². The minimum atomic E-state index is -1.34. The molecular weight excluding hydrogens is 804 g/mol. The molecule has 4 fully saturated rings. The third-order valence-electron chi connectivity index (χ3n) is 9.79. The number of nitrogens with zero attached hydrogens (tertiary/aromatic N) is 6. The van der Waals surface area contributed by atoms with E-state index in [-0.39, 0.29) is 55.3 Å². The van der Waals surface area contributed by atoms with E-state index < -0.39 is 29.0 Å². The Morgan fingerprint density at radius 1 is 0.963 bits per heavy atom. The van der Waals surface area contributed by atoms with Gasteiger partial charge in [-0.25, -0.2) is 14.2 Å². The number of hydrazine groups is 1. The summed E-state index contributed by atoms with van der Waals surface area (Å²) in [7, 11) is 0. The number of piperazine rings is 2. The van der Waals surface area contributed by atoms with Crippen molar-refractivity contribution in [2.75, 3.05) is 70.3 Å². The van der Waals surface area contributed by atoms with Crippen LogP contribution in [0.15, 0.2) is 40.2 Å². The number of anilines is 1. The van der Waals surface area contributed by atoms with E-state index in [9.17, 15) is 29.1 Å². The predicted molar refractivity (Wildman–Crippen MR) is 210 cm³/mol. The molecule has 0 spiro atoms. The zero-order valence-electron chi connectivity index (χ0n) is 28.5. The van der Waals surface area contributed by atoms with Crippen LogP contribution in [-0.2, 0) is 14.4 Å². The molecule has 0 radical (unpaired) electrons. The van der Waals surface area contributed by atoms with Crippen molar-refractivity contribution in [2.45, 2.75) is 18.9 Å². The summed E-state index contributed by atoms with van der Waals surface area (Å²) in [4.78, 5) is 70.9. The number of nitrogens with one attached hydrogen (secondary N) is 1. The van der Waals surface area contributed by atoms with Crippen molar-refractivity contribution in [3.63, 3.8) is 0 Å². The third-order valence-corrected chi connectivity index (χ3v) is 12.3. The Kier molecular flexibility index (Phi) is 11.2. The summed E-state index contributed by atoms with van der Waals surface area (Å²) in [6.45, 7) is 3.38. The number of aromatic nitrogens is 1. The second-order valence-corrected chi connectivity index (χ2v) is 16.2. The molecule has 1 aliphatic carbocycles. The largest absolute Gasteiger partial charge is 0.477 e. The maximum absolute atomic E-state index is 15.4. The molecule has 4 heterocycles. The number of rotatable bonds is 9. The molecule has 4 aliphatic rings. The smallest absolute Gasteiger partial charge is 0.341 e. The van der Waals surface area contributed by atoms with Gasteiger partial charge in [0.05, 0.1) is 32.7 Å². The zero-order chi connectivity index (χ0) is 38.4. The fraction of sp³-hybridized carbons (Fsp3) is 0.371. The average molecular weight is 837 g/mol. The lowest BCUT2D eigenvalue weighted by Gasteiger charge is -2.38. The Hall–Kier alpha value is -3.77. The van der Waals surface area contributed by atoms with E-state index in [1.165, 1.54) is 17.2 Å². The van der Waals surface area contributed by atoms with Crippen molar-refractivity contribution >= 4 is 109 Å². The average Bonchev–Trinajstić information content (AvgIpc) is 3.96. The van der Waals surface area contributed by atoms with Gasteiger partial charge in [0.25, 0.3) is 11.8 Å². The maximum atomic E-state index is 15.4. The number of thioether (sulfide) groups is 1. The number of hydrogen-bond acceptors (Lipinski definition) is 10. The van der Waals surface area contributed by atoms with Gasteiger partial charge in [-0.1, -0.05) is 58.8 Å². The summed E-state index contributed by atoms with van der Waals surface area (Å²) in [6.07, 6.45) is 4.58. The van der Waals surface area contributed by atoms with Gasteiger partial charge in [0, 0.05) is 80.6 Å². The first-order valence-corrected chi connectivity index (χ1v) is 19.4. The number of hydrogen-bond donors (Lipinski definition) is 2. The van der Waals surface area contributed by atoms with Gasteiger partial charge in [0.2, 0.25) is 11.3 Å². The summed E-state index contributed by atoms with van der Waals surface area (Å²) >= 11 is 25.0. The lowest BCUT2D eigenvalue weighted by atomic mass is 10.1. The van der Waals surface area contributed by atoms with Crippen molar-refractivity contribution in [3.8, 4) is 0 Å². The lowest BCUT2D eigenvalue weighted by molar-refractivity contribution is -0.136. The Morgan fingerprint density at radius 2 is 1.65 bits per heavy atom. The molecule has 19 heteroatoms. The van der Waals surface area contributed by atoms with Crippen LogP contribution in [0.25, 0.3) is 17.0 Å². The summed E-state index contributed by atoms with van der Waals surface area (Å²) in [5, 5.41) is 12.1. The molecule has 3 aliphatic heterocycles. The molecule has 1 saturated carbocycles. The van der Waals surface area contributed by atoms with Crippen LogP contribution >= 0.6 is 58.8 Å². The molecule has 54 heavy (non-hydrogen) atoms. The fourth-order valence-corrected chi connectivity index (χ4v) is 8.59. The quantitative estimate of drug-likeness (QED) is 0.181. The van der Waals surface area contributed by atoms with Gasteiger partial charge in [0.1, 0.15) is 22.2 Å². The van der Waals surface area contributed by atoms with Crippen LogP contribution in [0.1, 0.15) is 34.8 Å². The predicted octanol–water partition coefficient (Wildman–Crippen LogP) is 4.33. The Morgan fingerprint density at radius 3 is 2.31 bits per heavy atom. The van der Waals surface area contributed by atoms with E-state index in [1.807, 2.05) is 9.80 Å². The maximum Gasteiger partial charge on any atom is 0.341 e. The normalized spacial score (nSPS) is 19.3. The summed E-state index contributed by atoms with van der Waals surface area (Å²) in [5.41, 5.74) is 2.95. The number of aromatic carboxylic acids is 1. The minimum absolute atomic E-state index is 0.0472. The molecule has 13 nitrogen and oxygen atoms in total. The van der Waals surface area contributed by atoms with E-state index in [4.69, 9.17) is 47.0 Å². The molecule has 284 valence electrons. The third kappa shape index (κ3) is 7.96. The van der Waals surface area contributed by atoms with Crippen LogP contribution in [0.5, 0.6) is 0 Å². The molecule has 2 N–H and O–H groups in total. The highest BCUT2D eigenvalue weighted by Crippen LogP contribution is 2.39. The Labute approximate surface area is 333 Å². The van der Waals surface area contributed by atoms with Crippen LogP contribution in [0, 0.1) is 5.82 Å². The number of carbonyl (C=O) groups excluding carboxylic acids is 3. The number of benzene rings is 2. The molecule has 3 amide bonds. The number of fused-ring (bicyclic) bond motifs is 1. The highest BCUT2D eigenvalue weighted by molar-refractivity contribution is 8.26. The van der Waals surface area contributed by atoms with E-state index in [1.54, 1.807) is 32.7 Å². The molecular formula is C35H33Cl3FN7O6S2. The molecule has 2 aromatic carbocycles.